The van der Waals surface area contributed by atoms with Crippen molar-refractivity contribution in [2.24, 2.45) is 5.92 Å². The van der Waals surface area contributed by atoms with Gasteiger partial charge in [-0.2, -0.15) is 0 Å². The first-order chi connectivity index (χ1) is 14.5. The molecule has 0 spiro atoms. The van der Waals surface area contributed by atoms with Crippen LogP contribution in [0.15, 0.2) is 53.4 Å². The maximum Gasteiger partial charge on any atom is 0.241 e. The summed E-state index contributed by atoms with van der Waals surface area (Å²) in [5.74, 6) is -0.655. The molecule has 0 aromatic heterocycles. The fourth-order valence-corrected chi connectivity index (χ4v) is 5.31. The number of amides is 2. The lowest BCUT2D eigenvalue weighted by molar-refractivity contribution is -0.128. The van der Waals surface area contributed by atoms with Gasteiger partial charge in [0.2, 0.25) is 11.8 Å². The first-order valence-electron chi connectivity index (χ1n) is 10.2. The van der Waals surface area contributed by atoms with E-state index in [9.17, 15) is 9.59 Å². The number of carbonyl (C=O) groups excluding carboxylic acids is 2. The van der Waals surface area contributed by atoms with E-state index in [1.54, 1.807) is 4.90 Å². The molecule has 2 amide bonds. The molecule has 7 heteroatoms. The lowest BCUT2D eigenvalue weighted by Crippen LogP contribution is -2.48. The van der Waals surface area contributed by atoms with Crippen molar-refractivity contribution in [3.8, 4) is 0 Å². The Bertz CT molecular complexity index is 932. The summed E-state index contributed by atoms with van der Waals surface area (Å²) in [5.41, 5.74) is 1.74. The molecule has 4 rings (SSSR count). The van der Waals surface area contributed by atoms with Gasteiger partial charge < -0.3 is 15.0 Å². The van der Waals surface area contributed by atoms with Crippen LogP contribution in [0.4, 0.5) is 5.69 Å². The SMILES string of the molecule is C[C@H](C(=O)NC[C@@H]1CCCO1)[C@H]1Sc2ccccc2N(Cc2ccccc2Cl)C1=O. The number of anilines is 1. The van der Waals surface area contributed by atoms with Crippen molar-refractivity contribution >= 4 is 40.9 Å². The van der Waals surface area contributed by atoms with Gasteiger partial charge in [0.05, 0.1) is 24.3 Å². The normalized spacial score (nSPS) is 21.9. The zero-order chi connectivity index (χ0) is 21.1. The Morgan fingerprint density at radius 2 is 2.03 bits per heavy atom. The Morgan fingerprint density at radius 3 is 2.80 bits per heavy atom. The molecule has 0 radical (unpaired) electrons. The van der Waals surface area contributed by atoms with E-state index in [1.807, 2.05) is 55.5 Å². The smallest absolute Gasteiger partial charge is 0.241 e. The zero-order valence-corrected chi connectivity index (χ0v) is 18.4. The standard InChI is InChI=1S/C23H25ClN2O3S/c1-15(22(27)25-13-17-8-6-12-29-17)21-23(28)26(14-16-7-2-3-9-18(16)24)19-10-4-5-11-20(19)30-21/h2-5,7,9-11,15,17,21H,6,8,12-14H2,1H3,(H,25,27)/t15-,17-,21+/m0/s1. The summed E-state index contributed by atoms with van der Waals surface area (Å²) in [4.78, 5) is 29.0. The molecule has 2 aliphatic heterocycles. The number of fused-ring (bicyclic) bond motifs is 1. The van der Waals surface area contributed by atoms with Crippen LogP contribution in [0.5, 0.6) is 0 Å². The fourth-order valence-electron chi connectivity index (χ4n) is 3.83. The Labute approximate surface area is 186 Å². The monoisotopic (exact) mass is 444 g/mol. The highest BCUT2D eigenvalue weighted by Gasteiger charge is 2.39. The van der Waals surface area contributed by atoms with E-state index in [0.717, 1.165) is 35.6 Å². The van der Waals surface area contributed by atoms with Gasteiger partial charge in [0, 0.05) is 23.1 Å². The molecule has 0 aliphatic carbocycles. The van der Waals surface area contributed by atoms with Crippen LogP contribution in [0, 0.1) is 5.92 Å². The number of benzene rings is 2. The molecular formula is C23H25ClN2O3S. The number of hydrogen-bond acceptors (Lipinski definition) is 4. The lowest BCUT2D eigenvalue weighted by Gasteiger charge is -2.36. The Morgan fingerprint density at radius 1 is 1.27 bits per heavy atom. The van der Waals surface area contributed by atoms with Crippen molar-refractivity contribution in [2.45, 2.75) is 42.6 Å². The van der Waals surface area contributed by atoms with Gasteiger partial charge in [0.15, 0.2) is 0 Å². The van der Waals surface area contributed by atoms with E-state index in [-0.39, 0.29) is 17.9 Å². The van der Waals surface area contributed by atoms with E-state index < -0.39 is 11.2 Å². The highest BCUT2D eigenvalue weighted by molar-refractivity contribution is 8.01. The maximum atomic E-state index is 13.5. The maximum absolute atomic E-state index is 13.5. The minimum Gasteiger partial charge on any atom is -0.376 e. The van der Waals surface area contributed by atoms with Crippen LogP contribution in [-0.2, 0) is 20.9 Å². The van der Waals surface area contributed by atoms with Crippen LogP contribution in [0.3, 0.4) is 0 Å². The average Bonchev–Trinajstić information content (AvgIpc) is 3.28. The second kappa shape index (κ2) is 9.41. The molecule has 0 saturated carbocycles. The molecule has 5 nitrogen and oxygen atoms in total. The van der Waals surface area contributed by atoms with Gasteiger partial charge >= 0.3 is 0 Å². The highest BCUT2D eigenvalue weighted by Crippen LogP contribution is 2.42. The Balaban J connectivity index is 1.53. The van der Waals surface area contributed by atoms with E-state index in [2.05, 4.69) is 5.32 Å². The quantitative estimate of drug-likeness (QED) is 0.722. The number of nitrogens with zero attached hydrogens (tertiary/aromatic N) is 1. The second-order valence-corrected chi connectivity index (χ2v) is 9.28. The van der Waals surface area contributed by atoms with Crippen molar-refractivity contribution in [1.82, 2.24) is 5.32 Å². The van der Waals surface area contributed by atoms with Crippen LogP contribution < -0.4 is 10.2 Å². The largest absolute Gasteiger partial charge is 0.376 e. The third-order valence-corrected chi connectivity index (χ3v) is 7.43. The summed E-state index contributed by atoms with van der Waals surface area (Å²) >= 11 is 7.81. The Kier molecular flexibility index (Phi) is 6.66. The summed E-state index contributed by atoms with van der Waals surface area (Å²) in [7, 11) is 0. The van der Waals surface area contributed by atoms with Gasteiger partial charge in [-0.1, -0.05) is 48.9 Å². The van der Waals surface area contributed by atoms with Gasteiger partial charge in [-0.25, -0.2) is 0 Å². The van der Waals surface area contributed by atoms with Crippen LogP contribution in [-0.4, -0.2) is 36.3 Å². The molecule has 0 unspecified atom stereocenters. The van der Waals surface area contributed by atoms with E-state index >= 15 is 0 Å². The number of carbonyl (C=O) groups is 2. The molecule has 1 fully saturated rings. The molecule has 2 aromatic carbocycles. The van der Waals surface area contributed by atoms with E-state index in [1.165, 1.54) is 11.8 Å². The van der Waals surface area contributed by atoms with Gasteiger partial charge in [0.1, 0.15) is 5.25 Å². The van der Waals surface area contributed by atoms with E-state index in [4.69, 9.17) is 16.3 Å². The highest BCUT2D eigenvalue weighted by atomic mass is 35.5. The third kappa shape index (κ3) is 4.51. The minimum absolute atomic E-state index is 0.0709. The molecule has 158 valence electrons. The molecule has 2 aliphatic rings. The topological polar surface area (TPSA) is 58.6 Å². The van der Waals surface area contributed by atoms with Crippen molar-refractivity contribution in [3.05, 3.63) is 59.1 Å². The molecule has 1 N–H and O–H groups in total. The summed E-state index contributed by atoms with van der Waals surface area (Å²) < 4.78 is 5.58. The number of ether oxygens (including phenoxy) is 1. The predicted octanol–water partition coefficient (Wildman–Crippen LogP) is 4.28. The number of thioether (sulfide) groups is 1. The molecule has 0 bridgehead atoms. The lowest BCUT2D eigenvalue weighted by atomic mass is 10.0. The average molecular weight is 445 g/mol. The molecule has 1 saturated heterocycles. The van der Waals surface area contributed by atoms with Crippen LogP contribution in [0.2, 0.25) is 5.02 Å². The van der Waals surface area contributed by atoms with Crippen LogP contribution >= 0.6 is 23.4 Å². The first kappa shape index (κ1) is 21.2. The van der Waals surface area contributed by atoms with Crippen molar-refractivity contribution in [2.75, 3.05) is 18.1 Å². The summed E-state index contributed by atoms with van der Waals surface area (Å²) in [6, 6.07) is 15.3. The van der Waals surface area contributed by atoms with Gasteiger partial charge in [-0.15, -0.1) is 11.8 Å². The number of rotatable bonds is 6. The number of halogens is 1. The number of nitrogens with one attached hydrogen (secondary N) is 1. The molecular weight excluding hydrogens is 420 g/mol. The molecule has 30 heavy (non-hydrogen) atoms. The summed E-state index contributed by atoms with van der Waals surface area (Å²) in [6.07, 6.45) is 2.07. The molecule has 3 atom stereocenters. The second-order valence-electron chi connectivity index (χ2n) is 7.69. The first-order valence-corrected chi connectivity index (χ1v) is 11.5. The van der Waals surface area contributed by atoms with Gasteiger partial charge in [-0.05, 0) is 36.6 Å². The van der Waals surface area contributed by atoms with Crippen LogP contribution in [0.1, 0.15) is 25.3 Å². The van der Waals surface area contributed by atoms with Crippen LogP contribution in [0.25, 0.3) is 0 Å². The van der Waals surface area contributed by atoms with Crippen molar-refractivity contribution < 1.29 is 14.3 Å². The minimum atomic E-state index is -0.494. The van der Waals surface area contributed by atoms with E-state index in [0.29, 0.717) is 18.1 Å². The summed E-state index contributed by atoms with van der Waals surface area (Å²) in [5, 5.41) is 3.10. The zero-order valence-electron chi connectivity index (χ0n) is 16.8. The third-order valence-electron chi connectivity index (χ3n) is 5.60. The summed E-state index contributed by atoms with van der Waals surface area (Å²) in [6.45, 7) is 3.44. The Hall–Kier alpha value is -2.02. The predicted molar refractivity (Wildman–Crippen MR) is 120 cm³/mol. The molecule has 2 aromatic rings. The fraction of sp³-hybridized carbons (Fsp3) is 0.391. The molecule has 2 heterocycles. The van der Waals surface area contributed by atoms with Crippen molar-refractivity contribution in [3.63, 3.8) is 0 Å². The van der Waals surface area contributed by atoms with Gasteiger partial charge in [0.25, 0.3) is 0 Å². The number of para-hydroxylation sites is 1. The van der Waals surface area contributed by atoms with Crippen molar-refractivity contribution in [1.29, 1.82) is 0 Å². The van der Waals surface area contributed by atoms with Gasteiger partial charge in [-0.3, -0.25) is 9.59 Å². The number of hydrogen-bond donors (Lipinski definition) is 1.